The molecular weight excluding hydrogens is 392 g/mol. The minimum atomic E-state index is -0.275. The molecule has 3 N–H and O–H groups in total. The lowest BCUT2D eigenvalue weighted by Gasteiger charge is -2.19. The van der Waals surface area contributed by atoms with Crippen molar-refractivity contribution in [3.05, 3.63) is 83.8 Å². The maximum Gasteiger partial charge on any atom is 0.291 e. The number of benzene rings is 2. The summed E-state index contributed by atoms with van der Waals surface area (Å²) < 4.78 is 11.1. The van der Waals surface area contributed by atoms with Crippen molar-refractivity contribution in [2.75, 3.05) is 18.9 Å². The van der Waals surface area contributed by atoms with Gasteiger partial charge in [0.1, 0.15) is 11.9 Å². The minimum absolute atomic E-state index is 0.0169. The summed E-state index contributed by atoms with van der Waals surface area (Å²) >= 11 is 0. The summed E-state index contributed by atoms with van der Waals surface area (Å²) in [5, 5.41) is 9.36. The second-order valence-corrected chi connectivity index (χ2v) is 7.13. The number of ether oxygens (including phenoxy) is 1. The number of rotatable bonds is 8. The molecule has 0 bridgehead atoms. The number of hydrogen-bond donors (Lipinski definition) is 3. The van der Waals surface area contributed by atoms with Crippen molar-refractivity contribution in [1.29, 1.82) is 0 Å². The van der Waals surface area contributed by atoms with Crippen LogP contribution < -0.4 is 20.7 Å². The molecule has 3 aromatic rings. The highest BCUT2D eigenvalue weighted by Crippen LogP contribution is 2.17. The SMILES string of the molecule is CN=C(NCc1ccc(NC(=O)c2ccco2)cc1)NCC(C)Oc1ccccc1C. The van der Waals surface area contributed by atoms with Crippen LogP contribution in [0.5, 0.6) is 5.75 Å². The molecule has 1 atom stereocenters. The van der Waals surface area contributed by atoms with E-state index in [0.717, 1.165) is 16.9 Å². The van der Waals surface area contributed by atoms with E-state index in [9.17, 15) is 4.79 Å². The van der Waals surface area contributed by atoms with Crippen LogP contribution in [0.1, 0.15) is 28.6 Å². The molecule has 162 valence electrons. The number of hydrogen-bond acceptors (Lipinski definition) is 4. The molecule has 0 radical (unpaired) electrons. The van der Waals surface area contributed by atoms with Crippen LogP contribution in [0.4, 0.5) is 5.69 Å². The van der Waals surface area contributed by atoms with Gasteiger partial charge < -0.3 is 25.1 Å². The first-order valence-electron chi connectivity index (χ1n) is 10.2. The Morgan fingerprint density at radius 3 is 2.52 bits per heavy atom. The lowest BCUT2D eigenvalue weighted by Crippen LogP contribution is -2.41. The van der Waals surface area contributed by atoms with Crippen LogP contribution in [0, 0.1) is 6.92 Å². The number of aliphatic imine (C=N–C) groups is 1. The lowest BCUT2D eigenvalue weighted by molar-refractivity contribution is 0.0996. The molecule has 3 rings (SSSR count). The molecule has 1 amide bonds. The quantitative estimate of drug-likeness (QED) is 0.379. The van der Waals surface area contributed by atoms with Crippen molar-refractivity contribution in [1.82, 2.24) is 10.6 Å². The first-order valence-corrected chi connectivity index (χ1v) is 10.2. The Kier molecular flexibility index (Phi) is 7.70. The molecule has 0 aliphatic heterocycles. The molecule has 0 aliphatic rings. The number of para-hydroxylation sites is 1. The van der Waals surface area contributed by atoms with Crippen molar-refractivity contribution < 1.29 is 13.9 Å². The van der Waals surface area contributed by atoms with Crippen LogP contribution in [0.2, 0.25) is 0 Å². The third-order valence-electron chi connectivity index (χ3n) is 4.62. The maximum absolute atomic E-state index is 12.0. The number of carbonyl (C=O) groups excluding carboxylic acids is 1. The number of anilines is 1. The molecule has 7 heteroatoms. The summed E-state index contributed by atoms with van der Waals surface area (Å²) in [5.41, 5.74) is 2.87. The molecular formula is C24H28N4O3. The smallest absolute Gasteiger partial charge is 0.291 e. The van der Waals surface area contributed by atoms with E-state index in [1.807, 2.05) is 62.4 Å². The van der Waals surface area contributed by atoms with Crippen molar-refractivity contribution >= 4 is 17.6 Å². The summed E-state index contributed by atoms with van der Waals surface area (Å²) in [5.74, 6) is 1.58. The largest absolute Gasteiger partial charge is 0.489 e. The summed E-state index contributed by atoms with van der Waals surface area (Å²) in [4.78, 5) is 16.3. The zero-order valence-corrected chi connectivity index (χ0v) is 18.0. The summed E-state index contributed by atoms with van der Waals surface area (Å²) in [6, 6.07) is 18.9. The highest BCUT2D eigenvalue weighted by atomic mass is 16.5. The van der Waals surface area contributed by atoms with E-state index < -0.39 is 0 Å². The summed E-state index contributed by atoms with van der Waals surface area (Å²) in [7, 11) is 1.73. The third kappa shape index (κ3) is 6.64. The summed E-state index contributed by atoms with van der Waals surface area (Å²) in [6.07, 6.45) is 1.46. The predicted molar refractivity (Wildman–Crippen MR) is 123 cm³/mol. The molecule has 2 aromatic carbocycles. The van der Waals surface area contributed by atoms with Crippen LogP contribution in [0.15, 0.2) is 76.3 Å². The van der Waals surface area contributed by atoms with Gasteiger partial charge in [-0.1, -0.05) is 30.3 Å². The van der Waals surface area contributed by atoms with Gasteiger partial charge in [-0.3, -0.25) is 9.79 Å². The molecule has 31 heavy (non-hydrogen) atoms. The number of nitrogens with zero attached hydrogens (tertiary/aromatic N) is 1. The first kappa shape index (κ1) is 22.0. The zero-order chi connectivity index (χ0) is 22.1. The number of carbonyl (C=O) groups is 1. The number of aryl methyl sites for hydroxylation is 1. The Labute approximate surface area is 182 Å². The number of amides is 1. The maximum atomic E-state index is 12.0. The molecule has 0 saturated carbocycles. The fraction of sp³-hybridized carbons (Fsp3) is 0.250. The minimum Gasteiger partial charge on any atom is -0.489 e. The molecule has 0 aliphatic carbocycles. The molecule has 0 spiro atoms. The van der Waals surface area contributed by atoms with E-state index in [1.165, 1.54) is 6.26 Å². The molecule has 1 unspecified atom stereocenters. The highest BCUT2D eigenvalue weighted by Gasteiger charge is 2.09. The topological polar surface area (TPSA) is 87.9 Å². The standard InChI is InChI=1S/C24H28N4O3/c1-17-7-4-5-8-21(17)31-18(2)15-26-24(25-3)27-16-19-10-12-20(13-11-19)28-23(29)22-9-6-14-30-22/h4-14,18H,15-16H2,1-3H3,(H,28,29)(H2,25,26,27). The molecule has 1 heterocycles. The fourth-order valence-electron chi connectivity index (χ4n) is 2.90. The second-order valence-electron chi connectivity index (χ2n) is 7.13. The monoisotopic (exact) mass is 420 g/mol. The van der Waals surface area contributed by atoms with E-state index in [2.05, 4.69) is 20.9 Å². The fourth-order valence-corrected chi connectivity index (χ4v) is 2.90. The molecule has 1 aromatic heterocycles. The van der Waals surface area contributed by atoms with Crippen molar-refractivity contribution in [3.8, 4) is 5.75 Å². The third-order valence-corrected chi connectivity index (χ3v) is 4.62. The number of guanidine groups is 1. The van der Waals surface area contributed by atoms with Crippen molar-refractivity contribution in [2.24, 2.45) is 4.99 Å². The van der Waals surface area contributed by atoms with E-state index in [4.69, 9.17) is 9.15 Å². The van der Waals surface area contributed by atoms with Gasteiger partial charge in [-0.25, -0.2) is 0 Å². The normalized spacial score (nSPS) is 12.2. The van der Waals surface area contributed by atoms with E-state index in [-0.39, 0.29) is 17.8 Å². The number of nitrogens with one attached hydrogen (secondary N) is 3. The summed E-state index contributed by atoms with van der Waals surface area (Å²) in [6.45, 7) is 5.26. The van der Waals surface area contributed by atoms with Crippen LogP contribution >= 0.6 is 0 Å². The molecule has 0 fully saturated rings. The van der Waals surface area contributed by atoms with Crippen LogP contribution in [-0.4, -0.2) is 31.6 Å². The van der Waals surface area contributed by atoms with E-state index in [1.54, 1.807) is 19.2 Å². The highest BCUT2D eigenvalue weighted by molar-refractivity contribution is 6.02. The van der Waals surface area contributed by atoms with Gasteiger partial charge in [-0.05, 0) is 55.3 Å². The first-order chi connectivity index (χ1) is 15.0. The van der Waals surface area contributed by atoms with Gasteiger partial charge in [0.05, 0.1) is 12.8 Å². The van der Waals surface area contributed by atoms with Gasteiger partial charge >= 0.3 is 0 Å². The average Bonchev–Trinajstić information content (AvgIpc) is 3.32. The Morgan fingerprint density at radius 1 is 1.06 bits per heavy atom. The molecule has 0 saturated heterocycles. The Hall–Kier alpha value is -3.74. The average molecular weight is 421 g/mol. The molecule has 7 nitrogen and oxygen atoms in total. The Morgan fingerprint density at radius 2 is 1.84 bits per heavy atom. The van der Waals surface area contributed by atoms with Gasteiger partial charge in [0, 0.05) is 19.3 Å². The van der Waals surface area contributed by atoms with E-state index >= 15 is 0 Å². The van der Waals surface area contributed by atoms with Crippen LogP contribution in [-0.2, 0) is 6.54 Å². The van der Waals surface area contributed by atoms with Gasteiger partial charge in [0.25, 0.3) is 5.91 Å². The van der Waals surface area contributed by atoms with Crippen molar-refractivity contribution in [3.63, 3.8) is 0 Å². The van der Waals surface area contributed by atoms with E-state index in [0.29, 0.717) is 24.7 Å². The second kappa shape index (κ2) is 10.9. The van der Waals surface area contributed by atoms with Gasteiger partial charge in [0.15, 0.2) is 11.7 Å². The predicted octanol–water partition coefficient (Wildman–Crippen LogP) is 3.97. The Bertz CT molecular complexity index is 998. The van der Waals surface area contributed by atoms with Gasteiger partial charge in [0.2, 0.25) is 0 Å². The van der Waals surface area contributed by atoms with Gasteiger partial charge in [-0.2, -0.15) is 0 Å². The Balaban J connectivity index is 1.43. The number of furan rings is 1. The zero-order valence-electron chi connectivity index (χ0n) is 18.0. The van der Waals surface area contributed by atoms with Gasteiger partial charge in [-0.15, -0.1) is 0 Å². The van der Waals surface area contributed by atoms with Crippen LogP contribution in [0.25, 0.3) is 0 Å². The van der Waals surface area contributed by atoms with Crippen molar-refractivity contribution in [2.45, 2.75) is 26.5 Å². The lowest BCUT2D eigenvalue weighted by atomic mass is 10.2. The van der Waals surface area contributed by atoms with Crippen LogP contribution in [0.3, 0.4) is 0 Å².